The van der Waals surface area contributed by atoms with Crippen LogP contribution in [0.15, 0.2) is 18.3 Å². The van der Waals surface area contributed by atoms with Crippen LogP contribution in [0.3, 0.4) is 0 Å². The second-order valence-electron chi connectivity index (χ2n) is 3.55. The lowest BCUT2D eigenvalue weighted by Gasteiger charge is -2.03. The molecule has 0 amide bonds. The van der Waals surface area contributed by atoms with Crippen molar-refractivity contribution in [3.63, 3.8) is 0 Å². The van der Waals surface area contributed by atoms with Gasteiger partial charge in [-0.3, -0.25) is 0 Å². The van der Waals surface area contributed by atoms with Crippen LogP contribution in [-0.2, 0) is 4.74 Å². The Hall–Kier alpha value is -2.04. The lowest BCUT2D eigenvalue weighted by Crippen LogP contribution is -2.05. The van der Waals surface area contributed by atoms with Gasteiger partial charge in [-0.2, -0.15) is 0 Å². The minimum Gasteiger partial charge on any atom is -0.462 e. The number of hydrogen-bond donors (Lipinski definition) is 0. The van der Waals surface area contributed by atoms with Crippen molar-refractivity contribution in [2.45, 2.75) is 13.8 Å². The van der Waals surface area contributed by atoms with Crippen molar-refractivity contribution in [1.29, 1.82) is 0 Å². The fourth-order valence-corrected chi connectivity index (χ4v) is 1.45. The Kier molecular flexibility index (Phi) is 2.99. The number of pyridine rings is 2. The number of nitrogens with zero attached hydrogens (tertiary/aromatic N) is 2. The van der Waals surface area contributed by atoms with Gasteiger partial charge in [0.05, 0.1) is 17.9 Å². The first-order valence-electron chi connectivity index (χ1n) is 5.22. The van der Waals surface area contributed by atoms with Crippen LogP contribution in [0.5, 0.6) is 0 Å². The summed E-state index contributed by atoms with van der Waals surface area (Å²) in [6, 6.07) is 2.84. The molecule has 0 unspecified atom stereocenters. The highest BCUT2D eigenvalue weighted by Crippen LogP contribution is 2.15. The average molecular weight is 234 g/mol. The lowest BCUT2D eigenvalue weighted by molar-refractivity contribution is 0.0526. The molecule has 0 aliphatic carbocycles. The van der Waals surface area contributed by atoms with Crippen LogP contribution in [0.4, 0.5) is 4.39 Å². The molecule has 0 fully saturated rings. The van der Waals surface area contributed by atoms with E-state index in [0.29, 0.717) is 16.6 Å². The number of aromatic nitrogens is 2. The van der Waals surface area contributed by atoms with E-state index in [1.807, 2.05) is 0 Å². The van der Waals surface area contributed by atoms with Gasteiger partial charge in [0, 0.05) is 11.6 Å². The molecule has 0 saturated carbocycles. The van der Waals surface area contributed by atoms with Gasteiger partial charge in [0.25, 0.3) is 0 Å². The molecule has 0 spiro atoms. The highest BCUT2D eigenvalue weighted by molar-refractivity contribution is 5.92. The molecule has 17 heavy (non-hydrogen) atoms. The second-order valence-corrected chi connectivity index (χ2v) is 3.55. The zero-order chi connectivity index (χ0) is 12.4. The minimum absolute atomic E-state index is 0.286. The molecule has 2 aromatic heterocycles. The predicted molar refractivity (Wildman–Crippen MR) is 60.2 cm³/mol. The van der Waals surface area contributed by atoms with E-state index >= 15 is 0 Å². The molecule has 0 aliphatic rings. The van der Waals surface area contributed by atoms with E-state index in [9.17, 15) is 9.18 Å². The molecule has 2 aromatic rings. The third-order valence-corrected chi connectivity index (χ3v) is 2.31. The van der Waals surface area contributed by atoms with Gasteiger partial charge in [-0.05, 0) is 26.0 Å². The number of carbonyl (C=O) groups is 1. The molecule has 0 radical (unpaired) electrons. The maximum absolute atomic E-state index is 13.3. The van der Waals surface area contributed by atoms with Crippen LogP contribution >= 0.6 is 0 Å². The van der Waals surface area contributed by atoms with E-state index in [1.54, 1.807) is 13.8 Å². The molecule has 2 rings (SSSR count). The molecule has 2 heterocycles. The molecule has 0 aliphatic heterocycles. The summed E-state index contributed by atoms with van der Waals surface area (Å²) in [5.74, 6) is -0.886. The summed E-state index contributed by atoms with van der Waals surface area (Å²) in [5.41, 5.74) is 0.996. The zero-order valence-electron chi connectivity index (χ0n) is 9.53. The van der Waals surface area contributed by atoms with Crippen molar-refractivity contribution in [3.8, 4) is 0 Å². The van der Waals surface area contributed by atoms with Gasteiger partial charge in [-0.25, -0.2) is 19.2 Å². The van der Waals surface area contributed by atoms with Crippen LogP contribution in [0.25, 0.3) is 11.0 Å². The van der Waals surface area contributed by atoms with E-state index in [4.69, 9.17) is 4.74 Å². The van der Waals surface area contributed by atoms with Gasteiger partial charge >= 0.3 is 5.97 Å². The summed E-state index contributed by atoms with van der Waals surface area (Å²) >= 11 is 0. The summed E-state index contributed by atoms with van der Waals surface area (Å²) in [6.07, 6.45) is 1.38. The number of fused-ring (bicyclic) bond motifs is 1. The van der Waals surface area contributed by atoms with Crippen LogP contribution in [0, 0.1) is 12.7 Å². The maximum atomic E-state index is 13.3. The third kappa shape index (κ3) is 2.22. The number of aryl methyl sites for hydroxylation is 1. The molecule has 0 bridgehead atoms. The first-order chi connectivity index (χ1) is 8.11. The molecule has 0 saturated heterocycles. The molecular weight excluding hydrogens is 223 g/mol. The predicted octanol–water partition coefficient (Wildman–Crippen LogP) is 2.25. The standard InChI is InChI=1S/C12H11FN2O2/c1-3-17-12(16)9-4-8-5-10(13)7(2)15-11(8)14-6-9/h4-6H,3H2,1-2H3. The highest BCUT2D eigenvalue weighted by atomic mass is 19.1. The number of esters is 1. The fraction of sp³-hybridized carbons (Fsp3) is 0.250. The van der Waals surface area contributed by atoms with Gasteiger partial charge in [0.1, 0.15) is 5.82 Å². The van der Waals surface area contributed by atoms with Crippen LogP contribution in [0.1, 0.15) is 23.0 Å². The van der Waals surface area contributed by atoms with Crippen molar-refractivity contribution in [2.24, 2.45) is 0 Å². The van der Waals surface area contributed by atoms with Gasteiger partial charge < -0.3 is 4.74 Å². The number of halogens is 1. The monoisotopic (exact) mass is 234 g/mol. The van der Waals surface area contributed by atoms with E-state index in [1.165, 1.54) is 18.3 Å². The topological polar surface area (TPSA) is 52.1 Å². The quantitative estimate of drug-likeness (QED) is 0.748. The summed E-state index contributed by atoms with van der Waals surface area (Å²) in [4.78, 5) is 19.5. The molecule has 0 aromatic carbocycles. The largest absolute Gasteiger partial charge is 0.462 e. The number of carbonyl (C=O) groups excluding carboxylic acids is 1. The lowest BCUT2D eigenvalue weighted by atomic mass is 10.2. The number of ether oxygens (including phenoxy) is 1. The summed E-state index contributed by atoms with van der Waals surface area (Å²) < 4.78 is 18.2. The minimum atomic E-state index is -0.470. The van der Waals surface area contributed by atoms with Gasteiger partial charge in [-0.1, -0.05) is 0 Å². The summed E-state index contributed by atoms with van der Waals surface area (Å²) in [6.45, 7) is 3.57. The van der Waals surface area contributed by atoms with E-state index in [0.717, 1.165) is 0 Å². The Morgan fingerprint density at radius 2 is 2.24 bits per heavy atom. The van der Waals surface area contributed by atoms with Crippen LogP contribution in [-0.4, -0.2) is 22.5 Å². The Bertz CT molecular complexity index is 584. The maximum Gasteiger partial charge on any atom is 0.339 e. The van der Waals surface area contributed by atoms with Crippen LogP contribution in [0.2, 0.25) is 0 Å². The van der Waals surface area contributed by atoms with Crippen molar-refractivity contribution < 1.29 is 13.9 Å². The van der Waals surface area contributed by atoms with Crippen molar-refractivity contribution in [3.05, 3.63) is 35.4 Å². The Balaban J connectivity index is 2.50. The van der Waals surface area contributed by atoms with Gasteiger partial charge in [0.15, 0.2) is 5.65 Å². The van der Waals surface area contributed by atoms with Crippen LogP contribution < -0.4 is 0 Å². The van der Waals surface area contributed by atoms with Crippen molar-refractivity contribution in [1.82, 2.24) is 9.97 Å². The molecule has 88 valence electrons. The molecule has 0 N–H and O–H groups in total. The number of hydrogen-bond acceptors (Lipinski definition) is 4. The Morgan fingerprint density at radius 3 is 2.94 bits per heavy atom. The molecular formula is C12H11FN2O2. The second kappa shape index (κ2) is 4.45. The fourth-order valence-electron chi connectivity index (χ4n) is 1.45. The van der Waals surface area contributed by atoms with Gasteiger partial charge in [-0.15, -0.1) is 0 Å². The molecule has 4 nitrogen and oxygen atoms in total. The Labute approximate surface area is 97.5 Å². The average Bonchev–Trinajstić information content (AvgIpc) is 2.30. The third-order valence-electron chi connectivity index (χ3n) is 2.31. The highest BCUT2D eigenvalue weighted by Gasteiger charge is 2.10. The van der Waals surface area contributed by atoms with Crippen molar-refractivity contribution >= 4 is 17.0 Å². The Morgan fingerprint density at radius 1 is 1.47 bits per heavy atom. The summed E-state index contributed by atoms with van der Waals surface area (Å²) in [7, 11) is 0. The first-order valence-corrected chi connectivity index (χ1v) is 5.22. The molecule has 5 heteroatoms. The summed E-state index contributed by atoms with van der Waals surface area (Å²) in [5, 5.41) is 0.485. The van der Waals surface area contributed by atoms with E-state index in [-0.39, 0.29) is 12.3 Å². The normalized spacial score (nSPS) is 10.5. The number of rotatable bonds is 2. The SMILES string of the molecule is CCOC(=O)c1cnc2nc(C)c(F)cc2c1. The van der Waals surface area contributed by atoms with Gasteiger partial charge in [0.2, 0.25) is 0 Å². The zero-order valence-corrected chi connectivity index (χ0v) is 9.53. The van der Waals surface area contributed by atoms with Crippen molar-refractivity contribution in [2.75, 3.05) is 6.61 Å². The van der Waals surface area contributed by atoms with E-state index in [2.05, 4.69) is 9.97 Å². The first kappa shape index (κ1) is 11.4. The van der Waals surface area contributed by atoms with E-state index < -0.39 is 11.8 Å². The smallest absolute Gasteiger partial charge is 0.339 e. The molecule has 0 atom stereocenters.